The highest BCUT2D eigenvalue weighted by molar-refractivity contribution is 7.92. The monoisotopic (exact) mass is 230 g/mol. The first-order valence-corrected chi connectivity index (χ1v) is 6.32. The molecule has 1 heterocycles. The molecule has 0 unspecified atom stereocenters. The first kappa shape index (κ1) is 11.8. The number of rotatable bonds is 5. The van der Waals surface area contributed by atoms with E-state index in [-0.39, 0.29) is 5.75 Å². The highest BCUT2D eigenvalue weighted by Crippen LogP contribution is 2.12. The Morgan fingerprint density at radius 1 is 1.40 bits per heavy atom. The summed E-state index contributed by atoms with van der Waals surface area (Å²) in [5, 5.41) is 0. The van der Waals surface area contributed by atoms with Gasteiger partial charge in [0.1, 0.15) is 0 Å². The van der Waals surface area contributed by atoms with Gasteiger partial charge in [-0.25, -0.2) is 13.4 Å². The van der Waals surface area contributed by atoms with Crippen LogP contribution in [0.3, 0.4) is 0 Å². The minimum atomic E-state index is -3.23. The lowest BCUT2D eigenvalue weighted by Crippen LogP contribution is -2.14. The molecule has 0 saturated carbocycles. The van der Waals surface area contributed by atoms with Gasteiger partial charge in [-0.15, -0.1) is 0 Å². The number of ether oxygens (including phenoxy) is 1. The fourth-order valence-electron chi connectivity index (χ4n) is 0.926. The molecule has 1 rings (SSSR count). The lowest BCUT2D eigenvalue weighted by atomic mass is 10.4. The van der Waals surface area contributed by atoms with Gasteiger partial charge >= 0.3 is 0 Å². The molecule has 0 amide bonds. The van der Waals surface area contributed by atoms with E-state index in [1.807, 2.05) is 6.92 Å². The Labute approximate surface area is 89.5 Å². The van der Waals surface area contributed by atoms with Gasteiger partial charge in [0.25, 0.3) is 0 Å². The minimum Gasteiger partial charge on any atom is -0.478 e. The summed E-state index contributed by atoms with van der Waals surface area (Å²) in [5.74, 6) is 0.525. The summed E-state index contributed by atoms with van der Waals surface area (Å²) in [5.41, 5.74) is 0.445. The van der Waals surface area contributed by atoms with E-state index in [0.29, 0.717) is 18.2 Å². The maximum atomic E-state index is 11.2. The van der Waals surface area contributed by atoms with Crippen LogP contribution in [0.1, 0.15) is 13.8 Å². The molecule has 6 heteroatoms. The first-order valence-electron chi connectivity index (χ1n) is 4.66. The molecule has 0 saturated heterocycles. The average molecular weight is 230 g/mol. The molecule has 0 radical (unpaired) electrons. The van der Waals surface area contributed by atoms with E-state index < -0.39 is 10.0 Å². The molecule has 0 fully saturated rings. The van der Waals surface area contributed by atoms with Crippen molar-refractivity contribution in [2.45, 2.75) is 13.8 Å². The number of hydrogen-bond donors (Lipinski definition) is 1. The lowest BCUT2D eigenvalue weighted by molar-refractivity contribution is 0.327. The fraction of sp³-hybridized carbons (Fsp3) is 0.444. The number of nitrogens with zero attached hydrogens (tertiary/aromatic N) is 1. The first-order chi connectivity index (χ1) is 7.07. The quantitative estimate of drug-likeness (QED) is 0.826. The zero-order valence-electron chi connectivity index (χ0n) is 8.73. The van der Waals surface area contributed by atoms with Gasteiger partial charge in [-0.3, -0.25) is 4.72 Å². The zero-order valence-corrected chi connectivity index (χ0v) is 9.54. The maximum Gasteiger partial charge on any atom is 0.232 e. The van der Waals surface area contributed by atoms with Gasteiger partial charge in [0.2, 0.25) is 15.9 Å². The second kappa shape index (κ2) is 4.97. The van der Waals surface area contributed by atoms with E-state index in [2.05, 4.69) is 9.71 Å². The van der Waals surface area contributed by atoms with E-state index in [0.717, 1.165) is 0 Å². The van der Waals surface area contributed by atoms with E-state index in [4.69, 9.17) is 4.74 Å². The summed E-state index contributed by atoms with van der Waals surface area (Å²) in [7, 11) is -3.23. The molecule has 15 heavy (non-hydrogen) atoms. The van der Waals surface area contributed by atoms with Crippen LogP contribution in [0.15, 0.2) is 18.3 Å². The molecule has 0 atom stereocenters. The van der Waals surface area contributed by atoms with Crippen LogP contribution in [0.2, 0.25) is 0 Å². The van der Waals surface area contributed by atoms with Crippen molar-refractivity contribution < 1.29 is 13.2 Å². The SMILES string of the molecule is CCOc1ccc(NS(=O)(=O)CC)cn1. The topological polar surface area (TPSA) is 68.3 Å². The third-order valence-corrected chi connectivity index (χ3v) is 2.99. The molecule has 0 aromatic carbocycles. The number of aromatic nitrogens is 1. The number of pyridine rings is 1. The number of nitrogens with one attached hydrogen (secondary N) is 1. The Kier molecular flexibility index (Phi) is 3.90. The Bertz CT molecular complexity index is 400. The highest BCUT2D eigenvalue weighted by Gasteiger charge is 2.06. The largest absolute Gasteiger partial charge is 0.478 e. The second-order valence-electron chi connectivity index (χ2n) is 2.82. The standard InChI is InChI=1S/C9H14N2O3S/c1-3-14-9-6-5-8(7-10-9)11-15(12,13)4-2/h5-7,11H,3-4H2,1-2H3. The average Bonchev–Trinajstić information content (AvgIpc) is 2.21. The summed E-state index contributed by atoms with van der Waals surface area (Å²) in [6.07, 6.45) is 1.43. The minimum absolute atomic E-state index is 0.0419. The third kappa shape index (κ3) is 3.75. The van der Waals surface area contributed by atoms with Gasteiger partial charge in [-0.05, 0) is 19.9 Å². The van der Waals surface area contributed by atoms with Crippen LogP contribution in [0.5, 0.6) is 5.88 Å². The molecule has 1 aromatic heterocycles. The van der Waals surface area contributed by atoms with E-state index in [1.54, 1.807) is 19.1 Å². The summed E-state index contributed by atoms with van der Waals surface area (Å²) < 4.78 is 29.9. The molecular weight excluding hydrogens is 216 g/mol. The molecule has 0 aliphatic rings. The molecular formula is C9H14N2O3S. The van der Waals surface area contributed by atoms with Crippen molar-refractivity contribution in [3.05, 3.63) is 18.3 Å². The van der Waals surface area contributed by atoms with Gasteiger partial charge in [-0.1, -0.05) is 0 Å². The van der Waals surface area contributed by atoms with Crippen LogP contribution in [-0.2, 0) is 10.0 Å². The Balaban J connectivity index is 2.73. The van der Waals surface area contributed by atoms with Crippen molar-refractivity contribution in [3.63, 3.8) is 0 Å². The predicted molar refractivity (Wildman–Crippen MR) is 58.5 cm³/mol. The van der Waals surface area contributed by atoms with E-state index in [9.17, 15) is 8.42 Å². The highest BCUT2D eigenvalue weighted by atomic mass is 32.2. The Hall–Kier alpha value is -1.30. The molecule has 0 aliphatic carbocycles. The van der Waals surface area contributed by atoms with Crippen molar-refractivity contribution in [2.24, 2.45) is 0 Å². The second-order valence-corrected chi connectivity index (χ2v) is 4.83. The zero-order chi connectivity index (χ0) is 11.3. The van der Waals surface area contributed by atoms with Crippen LogP contribution >= 0.6 is 0 Å². The smallest absolute Gasteiger partial charge is 0.232 e. The van der Waals surface area contributed by atoms with Crippen LogP contribution in [0.4, 0.5) is 5.69 Å². The van der Waals surface area contributed by atoms with E-state index in [1.165, 1.54) is 6.20 Å². The van der Waals surface area contributed by atoms with Gasteiger partial charge in [-0.2, -0.15) is 0 Å². The van der Waals surface area contributed by atoms with Crippen molar-refractivity contribution in [3.8, 4) is 5.88 Å². The molecule has 84 valence electrons. The normalized spacial score (nSPS) is 11.1. The molecule has 0 aliphatic heterocycles. The molecule has 1 N–H and O–H groups in total. The van der Waals surface area contributed by atoms with Crippen molar-refractivity contribution >= 4 is 15.7 Å². The van der Waals surface area contributed by atoms with Gasteiger partial charge in [0, 0.05) is 6.07 Å². The van der Waals surface area contributed by atoms with Crippen LogP contribution < -0.4 is 9.46 Å². The predicted octanol–water partition coefficient (Wildman–Crippen LogP) is 1.24. The van der Waals surface area contributed by atoms with Gasteiger partial charge in [0.05, 0.1) is 24.2 Å². The summed E-state index contributed by atoms with van der Waals surface area (Å²) in [6.45, 7) is 3.97. The number of anilines is 1. The molecule has 5 nitrogen and oxygen atoms in total. The van der Waals surface area contributed by atoms with Gasteiger partial charge < -0.3 is 4.74 Å². The number of sulfonamides is 1. The van der Waals surface area contributed by atoms with Crippen molar-refractivity contribution in [2.75, 3.05) is 17.1 Å². The maximum absolute atomic E-state index is 11.2. The van der Waals surface area contributed by atoms with Crippen molar-refractivity contribution in [1.82, 2.24) is 4.98 Å². The van der Waals surface area contributed by atoms with Crippen LogP contribution in [0.25, 0.3) is 0 Å². The fourth-order valence-corrected chi connectivity index (χ4v) is 1.55. The summed E-state index contributed by atoms with van der Waals surface area (Å²) in [6, 6.07) is 3.24. The molecule has 1 aromatic rings. The summed E-state index contributed by atoms with van der Waals surface area (Å²) >= 11 is 0. The Morgan fingerprint density at radius 3 is 2.60 bits per heavy atom. The number of hydrogen-bond acceptors (Lipinski definition) is 4. The van der Waals surface area contributed by atoms with E-state index >= 15 is 0 Å². The van der Waals surface area contributed by atoms with Crippen LogP contribution in [0, 0.1) is 0 Å². The Morgan fingerprint density at radius 2 is 2.13 bits per heavy atom. The molecule has 0 bridgehead atoms. The van der Waals surface area contributed by atoms with Gasteiger partial charge in [0.15, 0.2) is 0 Å². The lowest BCUT2D eigenvalue weighted by Gasteiger charge is -2.06. The van der Waals surface area contributed by atoms with Crippen LogP contribution in [-0.4, -0.2) is 25.8 Å². The third-order valence-electron chi connectivity index (χ3n) is 1.68. The molecule has 0 spiro atoms. The summed E-state index contributed by atoms with van der Waals surface area (Å²) in [4.78, 5) is 3.94. The van der Waals surface area contributed by atoms with Crippen molar-refractivity contribution in [1.29, 1.82) is 0 Å².